The predicted octanol–water partition coefficient (Wildman–Crippen LogP) is 2.57. The van der Waals surface area contributed by atoms with Crippen molar-refractivity contribution in [2.45, 2.75) is 39.5 Å². The van der Waals surface area contributed by atoms with E-state index in [-0.39, 0.29) is 18.3 Å². The summed E-state index contributed by atoms with van der Waals surface area (Å²) in [6.07, 6.45) is 1.31. The van der Waals surface area contributed by atoms with Crippen LogP contribution in [0.3, 0.4) is 0 Å². The van der Waals surface area contributed by atoms with Crippen molar-refractivity contribution in [3.63, 3.8) is 0 Å². The number of aryl methyl sites for hydroxylation is 1. The lowest BCUT2D eigenvalue weighted by molar-refractivity contribution is -0.131. The van der Waals surface area contributed by atoms with Gasteiger partial charge in [0.15, 0.2) is 0 Å². The molecule has 0 unspecified atom stereocenters. The van der Waals surface area contributed by atoms with Crippen molar-refractivity contribution in [1.82, 2.24) is 14.7 Å². The Bertz CT molecular complexity index is 742. The highest BCUT2D eigenvalue weighted by Gasteiger charge is 2.25. The average Bonchev–Trinajstić information content (AvgIpc) is 2.91. The Morgan fingerprint density at radius 2 is 2.12 bits per heavy atom. The molecular weight excluding hydrogens is 309 g/mol. The first kappa shape index (κ1) is 16.6. The summed E-state index contributed by atoms with van der Waals surface area (Å²) in [6.45, 7) is 3.70. The SMILES string of the molecule is CCC(=O)N1CCc2c(c(COCc3ccccc3F)nn2C)C1. The molecule has 1 aromatic heterocycles. The van der Waals surface area contributed by atoms with Crippen molar-refractivity contribution >= 4 is 5.91 Å². The van der Waals surface area contributed by atoms with Crippen LogP contribution in [0.25, 0.3) is 0 Å². The first-order chi connectivity index (χ1) is 11.6. The zero-order valence-electron chi connectivity index (χ0n) is 14.1. The fraction of sp³-hybridized carbons (Fsp3) is 0.444. The number of carbonyl (C=O) groups is 1. The summed E-state index contributed by atoms with van der Waals surface area (Å²) in [7, 11) is 1.91. The second-order valence-electron chi connectivity index (χ2n) is 6.00. The lowest BCUT2D eigenvalue weighted by Crippen LogP contribution is -2.36. The molecule has 5 nitrogen and oxygen atoms in total. The molecular formula is C18H22FN3O2. The van der Waals surface area contributed by atoms with Crippen molar-refractivity contribution in [3.05, 3.63) is 52.6 Å². The summed E-state index contributed by atoms with van der Waals surface area (Å²) in [5.41, 5.74) is 3.58. The minimum absolute atomic E-state index is 0.155. The molecule has 1 aliphatic heterocycles. The van der Waals surface area contributed by atoms with Gasteiger partial charge in [0.05, 0.1) is 18.9 Å². The maximum absolute atomic E-state index is 13.6. The van der Waals surface area contributed by atoms with Gasteiger partial charge in [-0.25, -0.2) is 4.39 Å². The third-order valence-corrected chi connectivity index (χ3v) is 4.43. The summed E-state index contributed by atoms with van der Waals surface area (Å²) < 4.78 is 21.2. The molecule has 0 spiro atoms. The maximum Gasteiger partial charge on any atom is 0.222 e. The maximum atomic E-state index is 13.6. The van der Waals surface area contributed by atoms with Crippen LogP contribution in [0.1, 0.15) is 35.9 Å². The minimum atomic E-state index is -0.264. The first-order valence-corrected chi connectivity index (χ1v) is 8.22. The average molecular weight is 331 g/mol. The van der Waals surface area contributed by atoms with Crippen LogP contribution in [-0.2, 0) is 42.8 Å². The zero-order valence-corrected chi connectivity index (χ0v) is 14.1. The molecule has 2 aromatic rings. The molecule has 0 radical (unpaired) electrons. The summed E-state index contributed by atoms with van der Waals surface area (Å²) in [5, 5.41) is 4.53. The van der Waals surface area contributed by atoms with E-state index in [0.29, 0.717) is 25.1 Å². The molecule has 24 heavy (non-hydrogen) atoms. The van der Waals surface area contributed by atoms with E-state index in [1.165, 1.54) is 6.07 Å². The van der Waals surface area contributed by atoms with E-state index in [9.17, 15) is 9.18 Å². The third-order valence-electron chi connectivity index (χ3n) is 4.43. The van der Waals surface area contributed by atoms with Gasteiger partial charge in [-0.15, -0.1) is 0 Å². The number of carbonyl (C=O) groups excluding carboxylic acids is 1. The molecule has 1 aliphatic rings. The standard InChI is InChI=1S/C18H22FN3O2/c1-3-18(23)22-9-8-17-14(10-22)16(20-21(17)2)12-24-11-13-6-4-5-7-15(13)19/h4-7H,3,8-12H2,1-2H3. The lowest BCUT2D eigenvalue weighted by Gasteiger charge is -2.27. The van der Waals surface area contributed by atoms with Crippen LogP contribution in [0.4, 0.5) is 4.39 Å². The fourth-order valence-electron chi connectivity index (χ4n) is 3.10. The largest absolute Gasteiger partial charge is 0.370 e. The van der Waals surface area contributed by atoms with Gasteiger partial charge in [0, 0.05) is 49.8 Å². The summed E-state index contributed by atoms with van der Waals surface area (Å²) >= 11 is 0. The number of aromatic nitrogens is 2. The highest BCUT2D eigenvalue weighted by molar-refractivity contribution is 5.76. The number of hydrogen-bond acceptors (Lipinski definition) is 3. The van der Waals surface area contributed by atoms with Crippen LogP contribution in [0.2, 0.25) is 0 Å². The molecule has 0 N–H and O–H groups in total. The molecule has 128 valence electrons. The topological polar surface area (TPSA) is 47.4 Å². The van der Waals surface area contributed by atoms with Crippen LogP contribution >= 0.6 is 0 Å². The van der Waals surface area contributed by atoms with Gasteiger partial charge in [-0.2, -0.15) is 5.10 Å². The van der Waals surface area contributed by atoms with Gasteiger partial charge < -0.3 is 9.64 Å². The van der Waals surface area contributed by atoms with Crippen LogP contribution in [0, 0.1) is 5.82 Å². The van der Waals surface area contributed by atoms with E-state index in [2.05, 4.69) is 5.10 Å². The zero-order chi connectivity index (χ0) is 17.1. The molecule has 1 aromatic carbocycles. The van der Waals surface area contributed by atoms with E-state index >= 15 is 0 Å². The number of nitrogens with zero attached hydrogens (tertiary/aromatic N) is 3. The molecule has 0 atom stereocenters. The first-order valence-electron chi connectivity index (χ1n) is 8.22. The second-order valence-corrected chi connectivity index (χ2v) is 6.00. The number of rotatable bonds is 5. The fourth-order valence-corrected chi connectivity index (χ4v) is 3.10. The van der Waals surface area contributed by atoms with Crippen LogP contribution < -0.4 is 0 Å². The Morgan fingerprint density at radius 3 is 2.88 bits per heavy atom. The van der Waals surface area contributed by atoms with Crippen molar-refractivity contribution in [2.75, 3.05) is 6.54 Å². The Hall–Kier alpha value is -2.21. The number of benzene rings is 1. The highest BCUT2D eigenvalue weighted by Crippen LogP contribution is 2.23. The summed E-state index contributed by atoms with van der Waals surface area (Å²) in [5.74, 6) is -0.108. The van der Waals surface area contributed by atoms with Crippen LogP contribution in [-0.4, -0.2) is 27.1 Å². The summed E-state index contributed by atoms with van der Waals surface area (Å²) in [4.78, 5) is 13.8. The van der Waals surface area contributed by atoms with E-state index in [1.807, 2.05) is 23.6 Å². The number of halogens is 1. The molecule has 0 bridgehead atoms. The van der Waals surface area contributed by atoms with Gasteiger partial charge in [0.1, 0.15) is 5.82 Å². The third kappa shape index (κ3) is 3.33. The van der Waals surface area contributed by atoms with Crippen LogP contribution in [0.15, 0.2) is 24.3 Å². The van der Waals surface area contributed by atoms with Gasteiger partial charge in [-0.05, 0) is 6.07 Å². The highest BCUT2D eigenvalue weighted by atomic mass is 19.1. The molecule has 0 saturated carbocycles. The Morgan fingerprint density at radius 1 is 1.33 bits per heavy atom. The van der Waals surface area contributed by atoms with Crippen LogP contribution in [0.5, 0.6) is 0 Å². The van der Waals surface area contributed by atoms with Gasteiger partial charge in [0.25, 0.3) is 0 Å². The van der Waals surface area contributed by atoms with Crippen molar-refractivity contribution < 1.29 is 13.9 Å². The van der Waals surface area contributed by atoms with Gasteiger partial charge in [-0.3, -0.25) is 9.48 Å². The van der Waals surface area contributed by atoms with Gasteiger partial charge in [0.2, 0.25) is 5.91 Å². The monoisotopic (exact) mass is 331 g/mol. The Kier molecular flexibility index (Phi) is 4.94. The minimum Gasteiger partial charge on any atom is -0.370 e. The number of amides is 1. The lowest BCUT2D eigenvalue weighted by atomic mass is 10.0. The quantitative estimate of drug-likeness (QED) is 0.846. The van der Waals surface area contributed by atoms with Gasteiger partial charge in [-0.1, -0.05) is 25.1 Å². The van der Waals surface area contributed by atoms with E-state index in [1.54, 1.807) is 18.2 Å². The molecule has 0 aliphatic carbocycles. The second kappa shape index (κ2) is 7.13. The van der Waals surface area contributed by atoms with Crippen molar-refractivity contribution in [2.24, 2.45) is 7.05 Å². The van der Waals surface area contributed by atoms with Crippen molar-refractivity contribution in [1.29, 1.82) is 0 Å². The molecule has 1 amide bonds. The normalized spacial score (nSPS) is 13.9. The summed E-state index contributed by atoms with van der Waals surface area (Å²) in [6, 6.07) is 6.59. The van der Waals surface area contributed by atoms with Gasteiger partial charge >= 0.3 is 0 Å². The van der Waals surface area contributed by atoms with E-state index in [0.717, 1.165) is 29.9 Å². The number of fused-ring (bicyclic) bond motifs is 1. The predicted molar refractivity (Wildman–Crippen MR) is 87.5 cm³/mol. The van der Waals surface area contributed by atoms with E-state index < -0.39 is 0 Å². The molecule has 3 rings (SSSR count). The molecule has 6 heteroatoms. The Labute approximate surface area is 141 Å². The number of hydrogen-bond donors (Lipinski definition) is 0. The number of ether oxygens (including phenoxy) is 1. The molecule has 0 saturated heterocycles. The van der Waals surface area contributed by atoms with Crippen molar-refractivity contribution in [3.8, 4) is 0 Å². The smallest absolute Gasteiger partial charge is 0.222 e. The molecule has 2 heterocycles. The Balaban J connectivity index is 1.69. The van der Waals surface area contributed by atoms with E-state index in [4.69, 9.17) is 4.74 Å². The molecule has 0 fully saturated rings.